The van der Waals surface area contributed by atoms with E-state index in [2.05, 4.69) is 10.2 Å². The smallest absolute Gasteiger partial charge is 0.342 e. The van der Waals surface area contributed by atoms with E-state index in [1.165, 1.54) is 13.2 Å². The largest absolute Gasteiger partial charge is 0.497 e. The number of ether oxygens (including phenoxy) is 4. The molecule has 2 aromatic carbocycles. The van der Waals surface area contributed by atoms with Gasteiger partial charge in [0.25, 0.3) is 0 Å². The van der Waals surface area contributed by atoms with Gasteiger partial charge in [0, 0.05) is 29.8 Å². The van der Waals surface area contributed by atoms with Crippen LogP contribution in [0.4, 0.5) is 0 Å². The number of hydrogen-bond acceptors (Lipinski definition) is 8. The molecule has 1 N–H and O–H groups in total. The predicted molar refractivity (Wildman–Crippen MR) is 125 cm³/mol. The average molecular weight is 472 g/mol. The summed E-state index contributed by atoms with van der Waals surface area (Å²) >= 11 is 1.01. The zero-order valence-corrected chi connectivity index (χ0v) is 19.8. The minimum atomic E-state index is -1.09. The Morgan fingerprint density at radius 1 is 0.970 bits per heavy atom. The summed E-state index contributed by atoms with van der Waals surface area (Å²) in [6.07, 6.45) is 1.54. The molecule has 1 heterocycles. The molecule has 0 fully saturated rings. The third-order valence-electron chi connectivity index (χ3n) is 4.78. The van der Waals surface area contributed by atoms with Gasteiger partial charge in [-0.15, -0.1) is 10.2 Å². The zero-order valence-electron chi connectivity index (χ0n) is 19.0. The van der Waals surface area contributed by atoms with Crippen molar-refractivity contribution in [3.8, 4) is 34.4 Å². The topological polar surface area (TPSA) is 105 Å². The average Bonchev–Trinajstić information content (AvgIpc) is 3.25. The Balaban J connectivity index is 2.01. The van der Waals surface area contributed by atoms with Gasteiger partial charge in [-0.1, -0.05) is 0 Å². The first-order valence-corrected chi connectivity index (χ1v) is 10.8. The summed E-state index contributed by atoms with van der Waals surface area (Å²) in [5.41, 5.74) is 1.34. The number of thioether (sulfide) groups is 1. The SMILES string of the molecule is CCn1c(S/C(=C\c2ccc(OC)cc2OC)C(=O)O)nnc1-c1cc(OC)cc(OC)c1. The van der Waals surface area contributed by atoms with Gasteiger partial charge in [0.1, 0.15) is 27.9 Å². The van der Waals surface area contributed by atoms with Crippen molar-refractivity contribution in [1.29, 1.82) is 0 Å². The Bertz CT molecular complexity index is 1150. The quantitative estimate of drug-likeness (QED) is 0.344. The highest BCUT2D eigenvalue weighted by molar-refractivity contribution is 8.04. The summed E-state index contributed by atoms with van der Waals surface area (Å²) in [7, 11) is 6.21. The molecule has 0 aliphatic rings. The number of nitrogens with zero attached hydrogens (tertiary/aromatic N) is 3. The van der Waals surface area contributed by atoms with Crippen LogP contribution < -0.4 is 18.9 Å². The van der Waals surface area contributed by atoms with E-state index in [1.54, 1.807) is 45.6 Å². The van der Waals surface area contributed by atoms with Crippen molar-refractivity contribution in [2.24, 2.45) is 0 Å². The Morgan fingerprint density at radius 2 is 1.64 bits per heavy atom. The maximum atomic E-state index is 12.0. The lowest BCUT2D eigenvalue weighted by Gasteiger charge is -2.11. The number of aliphatic carboxylic acids is 1. The molecule has 0 radical (unpaired) electrons. The fourth-order valence-electron chi connectivity index (χ4n) is 3.11. The summed E-state index contributed by atoms with van der Waals surface area (Å²) in [6, 6.07) is 10.6. The van der Waals surface area contributed by atoms with Gasteiger partial charge in [0.05, 0.1) is 28.4 Å². The van der Waals surface area contributed by atoms with Crippen LogP contribution in [0.2, 0.25) is 0 Å². The summed E-state index contributed by atoms with van der Waals surface area (Å²) in [4.78, 5) is 12.1. The van der Waals surface area contributed by atoms with Crippen LogP contribution in [0.3, 0.4) is 0 Å². The van der Waals surface area contributed by atoms with Crippen LogP contribution in [0, 0.1) is 0 Å². The van der Waals surface area contributed by atoms with Gasteiger partial charge in [-0.25, -0.2) is 4.79 Å². The van der Waals surface area contributed by atoms with E-state index >= 15 is 0 Å². The van der Waals surface area contributed by atoms with Gasteiger partial charge in [0.2, 0.25) is 0 Å². The molecule has 174 valence electrons. The molecule has 9 nitrogen and oxygen atoms in total. The van der Waals surface area contributed by atoms with E-state index in [0.717, 1.165) is 17.3 Å². The van der Waals surface area contributed by atoms with Gasteiger partial charge in [-0.05, 0) is 49.0 Å². The van der Waals surface area contributed by atoms with Crippen LogP contribution in [-0.2, 0) is 11.3 Å². The third kappa shape index (κ3) is 5.40. The standard InChI is InChI=1S/C23H25N3O6S/c1-6-26-21(15-9-17(30-3)12-18(10-15)31-4)24-25-23(26)33-20(22(27)28)11-14-7-8-16(29-2)13-19(14)32-5/h7-13H,6H2,1-5H3,(H,27,28)/b20-11-. The number of carboxylic acids is 1. The van der Waals surface area contributed by atoms with E-state index in [9.17, 15) is 9.90 Å². The lowest BCUT2D eigenvalue weighted by molar-refractivity contribution is -0.131. The normalized spacial score (nSPS) is 11.2. The van der Waals surface area contributed by atoms with Crippen LogP contribution in [0.25, 0.3) is 17.5 Å². The maximum absolute atomic E-state index is 12.0. The highest BCUT2D eigenvalue weighted by atomic mass is 32.2. The van der Waals surface area contributed by atoms with Crippen molar-refractivity contribution in [3.63, 3.8) is 0 Å². The Morgan fingerprint density at radius 3 is 2.18 bits per heavy atom. The molecule has 10 heteroatoms. The van der Waals surface area contributed by atoms with Crippen LogP contribution >= 0.6 is 11.8 Å². The van der Waals surface area contributed by atoms with Crippen LogP contribution in [0.15, 0.2) is 46.5 Å². The summed E-state index contributed by atoms with van der Waals surface area (Å²) in [6.45, 7) is 2.47. The summed E-state index contributed by atoms with van der Waals surface area (Å²) in [5, 5.41) is 18.8. The molecule has 0 aliphatic heterocycles. The lowest BCUT2D eigenvalue weighted by atomic mass is 10.1. The highest BCUT2D eigenvalue weighted by Gasteiger charge is 2.20. The van der Waals surface area contributed by atoms with Crippen LogP contribution in [0.5, 0.6) is 23.0 Å². The molecule has 3 rings (SSSR count). The predicted octanol–water partition coefficient (Wildman–Crippen LogP) is 4.22. The monoisotopic (exact) mass is 471 g/mol. The molecular weight excluding hydrogens is 446 g/mol. The van der Waals surface area contributed by atoms with Crippen LogP contribution in [-0.4, -0.2) is 54.3 Å². The number of benzene rings is 2. The molecule has 33 heavy (non-hydrogen) atoms. The molecule has 0 unspecified atom stereocenters. The molecule has 3 aromatic rings. The van der Waals surface area contributed by atoms with E-state index < -0.39 is 5.97 Å². The first-order chi connectivity index (χ1) is 15.9. The first kappa shape index (κ1) is 24.0. The fraction of sp³-hybridized carbons (Fsp3) is 0.261. The van der Waals surface area contributed by atoms with E-state index in [4.69, 9.17) is 18.9 Å². The molecule has 0 spiro atoms. The Kier molecular flexibility index (Phi) is 7.83. The number of methoxy groups -OCH3 is 4. The summed E-state index contributed by atoms with van der Waals surface area (Å²) < 4.78 is 23.1. The third-order valence-corrected chi connectivity index (χ3v) is 5.78. The van der Waals surface area contributed by atoms with Gasteiger partial charge in [0.15, 0.2) is 11.0 Å². The lowest BCUT2D eigenvalue weighted by Crippen LogP contribution is -2.03. The molecule has 0 atom stereocenters. The van der Waals surface area contributed by atoms with E-state index in [0.29, 0.717) is 46.1 Å². The second-order valence-corrected chi connectivity index (χ2v) is 7.68. The first-order valence-electron chi connectivity index (χ1n) is 9.95. The van der Waals surface area contributed by atoms with Crippen molar-refractivity contribution in [2.45, 2.75) is 18.6 Å². The molecule has 0 saturated heterocycles. The number of rotatable bonds is 10. The molecular formula is C23H25N3O6S. The van der Waals surface area contributed by atoms with Gasteiger partial charge >= 0.3 is 5.97 Å². The summed E-state index contributed by atoms with van der Waals surface area (Å²) in [5.74, 6) is 1.81. The minimum Gasteiger partial charge on any atom is -0.497 e. The highest BCUT2D eigenvalue weighted by Crippen LogP contribution is 2.35. The number of carbonyl (C=O) groups is 1. The zero-order chi connectivity index (χ0) is 24.0. The molecule has 1 aromatic heterocycles. The number of aromatic nitrogens is 3. The van der Waals surface area contributed by atoms with Crippen molar-refractivity contribution < 1.29 is 28.8 Å². The second-order valence-electron chi connectivity index (χ2n) is 6.68. The van der Waals surface area contributed by atoms with Crippen LogP contribution in [0.1, 0.15) is 12.5 Å². The Labute approximate surface area is 196 Å². The fourth-order valence-corrected chi connectivity index (χ4v) is 3.99. The van der Waals surface area contributed by atoms with Gasteiger partial charge in [-0.3, -0.25) is 0 Å². The second kappa shape index (κ2) is 10.8. The number of carboxylic acid groups (broad SMARTS) is 1. The van der Waals surface area contributed by atoms with Crippen molar-refractivity contribution >= 4 is 23.8 Å². The van der Waals surface area contributed by atoms with Crippen molar-refractivity contribution in [3.05, 3.63) is 46.9 Å². The minimum absolute atomic E-state index is 0.0651. The molecule has 0 aliphatic carbocycles. The van der Waals surface area contributed by atoms with Crippen molar-refractivity contribution in [1.82, 2.24) is 14.8 Å². The molecule has 0 saturated carbocycles. The van der Waals surface area contributed by atoms with Gasteiger partial charge < -0.3 is 28.6 Å². The maximum Gasteiger partial charge on any atom is 0.342 e. The molecule has 0 bridgehead atoms. The Hall–Kier alpha value is -3.66. The van der Waals surface area contributed by atoms with E-state index in [1.807, 2.05) is 23.6 Å². The molecule has 0 amide bonds. The van der Waals surface area contributed by atoms with E-state index in [-0.39, 0.29) is 4.91 Å². The van der Waals surface area contributed by atoms with Gasteiger partial charge in [-0.2, -0.15) is 0 Å². The van der Waals surface area contributed by atoms with Crippen molar-refractivity contribution in [2.75, 3.05) is 28.4 Å². The number of hydrogen-bond donors (Lipinski definition) is 1.